The highest BCUT2D eigenvalue weighted by molar-refractivity contribution is 7.91. The average Bonchev–Trinajstić information content (AvgIpc) is 3.32. The molecule has 6 nitrogen and oxygen atoms in total. The number of carbonyl (C=O) groups excluding carboxylic acids is 1. The third-order valence-corrected chi connectivity index (χ3v) is 9.92. The molecule has 0 radical (unpaired) electrons. The van der Waals surface area contributed by atoms with Crippen LogP contribution < -0.4 is 4.80 Å². The number of aromatic nitrogens is 1. The molecule has 0 bridgehead atoms. The zero-order valence-corrected chi connectivity index (χ0v) is 20.1. The molecule has 1 saturated heterocycles. The monoisotopic (exact) mass is 513 g/mol. The molecule has 31 heavy (non-hydrogen) atoms. The van der Waals surface area contributed by atoms with Gasteiger partial charge in [0.25, 0.3) is 15.9 Å². The summed E-state index contributed by atoms with van der Waals surface area (Å²) in [5.41, 5.74) is 0.870. The highest BCUT2D eigenvalue weighted by Gasteiger charge is 2.33. The molecule has 11 heteroatoms. The summed E-state index contributed by atoms with van der Waals surface area (Å²) in [7, 11) is -3.60. The van der Waals surface area contributed by atoms with Gasteiger partial charge in [-0.2, -0.15) is 9.30 Å². The molecule has 0 aliphatic carbocycles. The van der Waals surface area contributed by atoms with Crippen LogP contribution in [0.5, 0.6) is 0 Å². The number of hydrogen-bond acceptors (Lipinski definition) is 5. The molecule has 1 aromatic carbocycles. The number of nitrogens with zero attached hydrogens (tertiary/aromatic N) is 3. The lowest BCUT2D eigenvalue weighted by Gasteiger charge is -2.29. The highest BCUT2D eigenvalue weighted by atomic mass is 35.5. The normalized spacial score (nSPS) is 16.6. The Bertz CT molecular complexity index is 1360. The van der Waals surface area contributed by atoms with Gasteiger partial charge in [-0.05, 0) is 43.2 Å². The zero-order chi connectivity index (χ0) is 22.2. The Hall–Kier alpha value is -1.67. The van der Waals surface area contributed by atoms with Crippen molar-refractivity contribution in [2.45, 2.75) is 23.6 Å². The maximum absolute atomic E-state index is 12.9. The Morgan fingerprint density at radius 2 is 1.94 bits per heavy atom. The molecule has 0 unspecified atom stereocenters. The average molecular weight is 514 g/mol. The van der Waals surface area contributed by atoms with E-state index in [1.165, 1.54) is 21.7 Å². The number of piperidine rings is 1. The fourth-order valence-corrected chi connectivity index (χ4v) is 7.89. The maximum atomic E-state index is 12.9. The minimum Gasteiger partial charge on any atom is -0.305 e. The summed E-state index contributed by atoms with van der Waals surface area (Å²) in [6.07, 6.45) is 6.32. The third-order valence-electron chi connectivity index (χ3n) is 5.05. The molecule has 3 heterocycles. The van der Waals surface area contributed by atoms with Crippen LogP contribution in [0.3, 0.4) is 0 Å². The number of benzene rings is 1. The van der Waals surface area contributed by atoms with Crippen molar-refractivity contribution in [2.24, 2.45) is 10.9 Å². The predicted octanol–water partition coefficient (Wildman–Crippen LogP) is 4.23. The first-order valence-electron chi connectivity index (χ1n) is 9.36. The molecule has 162 valence electrons. The quantitative estimate of drug-likeness (QED) is 0.490. The van der Waals surface area contributed by atoms with E-state index in [-0.39, 0.29) is 35.7 Å². The number of sulfonamides is 1. The fourth-order valence-electron chi connectivity index (χ4n) is 3.47. The molecule has 0 atom stereocenters. The summed E-state index contributed by atoms with van der Waals surface area (Å²) in [6.45, 7) is 0.806. The van der Waals surface area contributed by atoms with Gasteiger partial charge in [-0.25, -0.2) is 8.42 Å². The maximum Gasteiger partial charge on any atom is 0.252 e. The molecule has 0 N–H and O–H groups in total. The number of terminal acetylenes is 1. The lowest BCUT2D eigenvalue weighted by atomic mass is 9.98. The number of fused-ring (bicyclic) bond motifs is 1. The van der Waals surface area contributed by atoms with E-state index >= 15 is 0 Å². The van der Waals surface area contributed by atoms with Gasteiger partial charge in [0.2, 0.25) is 0 Å². The third kappa shape index (κ3) is 4.60. The van der Waals surface area contributed by atoms with Crippen LogP contribution in [0.2, 0.25) is 9.36 Å². The first-order chi connectivity index (χ1) is 14.8. The summed E-state index contributed by atoms with van der Waals surface area (Å²) in [5, 5.41) is 0.597. The van der Waals surface area contributed by atoms with Gasteiger partial charge in [0.15, 0.2) is 4.80 Å². The highest BCUT2D eigenvalue weighted by Crippen LogP contribution is 2.31. The lowest BCUT2D eigenvalue weighted by molar-refractivity contribution is -0.122. The van der Waals surface area contributed by atoms with E-state index in [4.69, 9.17) is 29.6 Å². The molecule has 0 spiro atoms. The van der Waals surface area contributed by atoms with Crippen molar-refractivity contribution in [1.29, 1.82) is 0 Å². The summed E-state index contributed by atoms with van der Waals surface area (Å²) in [4.78, 5) is 17.7. The lowest BCUT2D eigenvalue weighted by Crippen LogP contribution is -2.40. The zero-order valence-electron chi connectivity index (χ0n) is 16.1. The van der Waals surface area contributed by atoms with Crippen LogP contribution in [-0.2, 0) is 21.4 Å². The first kappa shape index (κ1) is 22.5. The molecular formula is C20H17Cl2N3O3S3. The summed E-state index contributed by atoms with van der Waals surface area (Å²) in [6, 6.07) is 8.52. The predicted molar refractivity (Wildman–Crippen MR) is 125 cm³/mol. The second kappa shape index (κ2) is 9.06. The fraction of sp³-hybridized carbons (Fsp3) is 0.300. The summed E-state index contributed by atoms with van der Waals surface area (Å²) in [5.74, 6) is 1.99. The number of amides is 1. The van der Waals surface area contributed by atoms with Crippen LogP contribution in [0.4, 0.5) is 0 Å². The van der Waals surface area contributed by atoms with Gasteiger partial charge in [0, 0.05) is 24.0 Å². The van der Waals surface area contributed by atoms with Gasteiger partial charge in [0.1, 0.15) is 4.21 Å². The molecule has 1 fully saturated rings. The molecule has 0 saturated carbocycles. The van der Waals surface area contributed by atoms with E-state index < -0.39 is 10.0 Å². The Morgan fingerprint density at radius 1 is 1.19 bits per heavy atom. The van der Waals surface area contributed by atoms with Gasteiger partial charge < -0.3 is 4.57 Å². The topological polar surface area (TPSA) is 71.7 Å². The van der Waals surface area contributed by atoms with E-state index in [9.17, 15) is 13.2 Å². The van der Waals surface area contributed by atoms with Crippen molar-refractivity contribution in [2.75, 3.05) is 13.1 Å². The Morgan fingerprint density at radius 3 is 2.58 bits per heavy atom. The minimum atomic E-state index is -3.60. The number of hydrogen-bond donors (Lipinski definition) is 0. The van der Waals surface area contributed by atoms with Gasteiger partial charge in [-0.1, -0.05) is 40.5 Å². The summed E-state index contributed by atoms with van der Waals surface area (Å²) < 4.78 is 30.2. The van der Waals surface area contributed by atoms with Crippen LogP contribution in [0, 0.1) is 18.3 Å². The van der Waals surface area contributed by atoms with Crippen LogP contribution in [0.25, 0.3) is 10.2 Å². The largest absolute Gasteiger partial charge is 0.305 e. The van der Waals surface area contributed by atoms with E-state index in [1.807, 2.05) is 16.7 Å². The molecule has 1 aliphatic rings. The van der Waals surface area contributed by atoms with Crippen molar-refractivity contribution in [3.05, 3.63) is 44.5 Å². The standard InChI is InChI=1S/C20H17Cl2N3O3S3/c1-2-9-25-15-4-3-14(21)12-16(15)29-20(25)23-19(26)13-7-10-24(11-8-13)31(27,28)18-6-5-17(22)30-18/h1,3-6,12-13H,7-11H2. The van der Waals surface area contributed by atoms with E-state index in [0.717, 1.165) is 21.6 Å². The Labute approximate surface area is 197 Å². The number of carbonyl (C=O) groups is 1. The minimum absolute atomic E-state index is 0.214. The van der Waals surface area contributed by atoms with Gasteiger partial charge in [0.05, 0.1) is 21.1 Å². The van der Waals surface area contributed by atoms with Crippen molar-refractivity contribution < 1.29 is 13.2 Å². The number of halogens is 2. The van der Waals surface area contributed by atoms with Crippen molar-refractivity contribution in [3.63, 3.8) is 0 Å². The van der Waals surface area contributed by atoms with Crippen LogP contribution in [0.15, 0.2) is 39.5 Å². The SMILES string of the molecule is C#CCn1c(=NC(=O)C2CCN(S(=O)(=O)c3ccc(Cl)s3)CC2)sc2cc(Cl)ccc21. The number of thiazole rings is 1. The Kier molecular flexibility index (Phi) is 6.58. The van der Waals surface area contributed by atoms with E-state index in [2.05, 4.69) is 10.9 Å². The molecule has 2 aromatic heterocycles. The number of thiophene rings is 1. The smallest absolute Gasteiger partial charge is 0.252 e. The van der Waals surface area contributed by atoms with Crippen molar-refractivity contribution in [1.82, 2.24) is 8.87 Å². The van der Waals surface area contributed by atoms with Crippen molar-refractivity contribution in [3.8, 4) is 12.3 Å². The van der Waals surface area contributed by atoms with Crippen LogP contribution >= 0.6 is 45.9 Å². The molecule has 1 aliphatic heterocycles. The van der Waals surface area contributed by atoms with Crippen LogP contribution in [-0.4, -0.2) is 36.3 Å². The first-order valence-corrected chi connectivity index (χ1v) is 13.2. The van der Waals surface area contributed by atoms with Crippen LogP contribution in [0.1, 0.15) is 12.8 Å². The summed E-state index contributed by atoms with van der Waals surface area (Å²) >= 11 is 14.3. The second-order valence-corrected chi connectivity index (χ2v) is 12.3. The van der Waals surface area contributed by atoms with Gasteiger partial charge >= 0.3 is 0 Å². The molecule has 3 aromatic rings. The molecule has 1 amide bonds. The number of rotatable bonds is 4. The van der Waals surface area contributed by atoms with E-state index in [1.54, 1.807) is 12.1 Å². The Balaban J connectivity index is 1.54. The van der Waals surface area contributed by atoms with Gasteiger partial charge in [-0.3, -0.25) is 4.79 Å². The molecular weight excluding hydrogens is 497 g/mol. The van der Waals surface area contributed by atoms with Gasteiger partial charge in [-0.15, -0.1) is 17.8 Å². The molecule has 4 rings (SSSR count). The van der Waals surface area contributed by atoms with Crippen molar-refractivity contribution >= 4 is 72.0 Å². The second-order valence-electron chi connectivity index (χ2n) is 6.97. The van der Waals surface area contributed by atoms with E-state index in [0.29, 0.717) is 27.0 Å².